The molecule has 1 unspecified atom stereocenters. The van der Waals surface area contributed by atoms with E-state index in [1.807, 2.05) is 32.4 Å². The van der Waals surface area contributed by atoms with Crippen LogP contribution in [-0.4, -0.2) is 16.3 Å². The SMILES string of the molecule is CCNC(Cc1ccc(Cl)c(F)c1)c1cnn(C)c1. The predicted molar refractivity (Wildman–Crippen MR) is 74.7 cm³/mol. The summed E-state index contributed by atoms with van der Waals surface area (Å²) in [6, 6.07) is 5.06. The van der Waals surface area contributed by atoms with Gasteiger partial charge < -0.3 is 5.32 Å². The number of nitrogens with zero attached hydrogens (tertiary/aromatic N) is 2. The molecule has 0 fully saturated rings. The maximum atomic E-state index is 13.5. The lowest BCUT2D eigenvalue weighted by Gasteiger charge is -2.16. The van der Waals surface area contributed by atoms with Crippen LogP contribution in [-0.2, 0) is 13.5 Å². The first kappa shape index (κ1) is 14.0. The predicted octanol–water partition coefficient (Wildman–Crippen LogP) is 3.11. The van der Waals surface area contributed by atoms with Gasteiger partial charge in [-0.3, -0.25) is 4.68 Å². The van der Waals surface area contributed by atoms with Gasteiger partial charge in [-0.1, -0.05) is 24.6 Å². The van der Waals surface area contributed by atoms with Crippen molar-refractivity contribution < 1.29 is 4.39 Å². The maximum absolute atomic E-state index is 13.5. The summed E-state index contributed by atoms with van der Waals surface area (Å²) < 4.78 is 15.2. The number of rotatable bonds is 5. The smallest absolute Gasteiger partial charge is 0.142 e. The molecule has 102 valence electrons. The molecule has 2 rings (SSSR count). The van der Waals surface area contributed by atoms with Gasteiger partial charge in [0.1, 0.15) is 5.82 Å². The molecule has 0 aliphatic carbocycles. The molecule has 3 nitrogen and oxygen atoms in total. The van der Waals surface area contributed by atoms with Crippen molar-refractivity contribution >= 4 is 11.6 Å². The van der Waals surface area contributed by atoms with Crippen LogP contribution in [0.4, 0.5) is 4.39 Å². The van der Waals surface area contributed by atoms with Crippen LogP contribution in [0.1, 0.15) is 24.1 Å². The summed E-state index contributed by atoms with van der Waals surface area (Å²) in [6.07, 6.45) is 4.51. The third-order valence-electron chi connectivity index (χ3n) is 3.00. The number of nitrogens with one attached hydrogen (secondary N) is 1. The Balaban J connectivity index is 2.18. The topological polar surface area (TPSA) is 29.9 Å². The first-order valence-corrected chi connectivity index (χ1v) is 6.63. The molecule has 0 radical (unpaired) electrons. The van der Waals surface area contributed by atoms with Crippen molar-refractivity contribution in [1.29, 1.82) is 0 Å². The highest BCUT2D eigenvalue weighted by molar-refractivity contribution is 6.30. The van der Waals surface area contributed by atoms with Gasteiger partial charge in [-0.15, -0.1) is 0 Å². The Morgan fingerprint density at radius 2 is 2.26 bits per heavy atom. The van der Waals surface area contributed by atoms with Crippen molar-refractivity contribution in [3.8, 4) is 0 Å². The van der Waals surface area contributed by atoms with E-state index in [0.717, 1.165) is 17.7 Å². The highest BCUT2D eigenvalue weighted by Gasteiger charge is 2.13. The molecule has 1 heterocycles. The van der Waals surface area contributed by atoms with Crippen LogP contribution >= 0.6 is 11.6 Å². The summed E-state index contributed by atoms with van der Waals surface area (Å²) in [5, 5.41) is 7.72. The second-order valence-corrected chi connectivity index (χ2v) is 4.92. The van der Waals surface area contributed by atoms with Crippen molar-refractivity contribution in [3.05, 3.63) is 52.6 Å². The number of likely N-dealkylation sites (N-methyl/N-ethyl adjacent to an activating group) is 1. The molecule has 0 amide bonds. The lowest BCUT2D eigenvalue weighted by molar-refractivity contribution is 0.546. The molecular formula is C14H17ClFN3. The van der Waals surface area contributed by atoms with Crippen molar-refractivity contribution in [2.45, 2.75) is 19.4 Å². The van der Waals surface area contributed by atoms with E-state index in [4.69, 9.17) is 11.6 Å². The van der Waals surface area contributed by atoms with Gasteiger partial charge in [-0.2, -0.15) is 5.10 Å². The average Bonchev–Trinajstić information content (AvgIpc) is 2.80. The fourth-order valence-electron chi connectivity index (χ4n) is 2.08. The minimum Gasteiger partial charge on any atom is -0.310 e. The number of benzene rings is 1. The minimum absolute atomic E-state index is 0.124. The van der Waals surface area contributed by atoms with Crippen LogP contribution in [0.25, 0.3) is 0 Å². The van der Waals surface area contributed by atoms with Crippen LogP contribution in [0, 0.1) is 5.82 Å². The van der Waals surface area contributed by atoms with Crippen LogP contribution < -0.4 is 5.32 Å². The maximum Gasteiger partial charge on any atom is 0.142 e. The van der Waals surface area contributed by atoms with E-state index in [1.54, 1.807) is 10.7 Å². The van der Waals surface area contributed by atoms with Crippen LogP contribution in [0.2, 0.25) is 5.02 Å². The standard InChI is InChI=1S/C14H17ClFN3/c1-3-17-14(11-8-18-19(2)9-11)7-10-4-5-12(15)13(16)6-10/h4-6,8-9,14,17H,3,7H2,1-2H3. The van der Waals surface area contributed by atoms with Gasteiger partial charge in [-0.05, 0) is 30.7 Å². The normalized spacial score (nSPS) is 12.6. The average molecular weight is 282 g/mol. The Morgan fingerprint density at radius 3 is 2.84 bits per heavy atom. The Labute approximate surface area is 117 Å². The van der Waals surface area contributed by atoms with Gasteiger partial charge in [0.15, 0.2) is 0 Å². The van der Waals surface area contributed by atoms with Crippen LogP contribution in [0.3, 0.4) is 0 Å². The van der Waals surface area contributed by atoms with Gasteiger partial charge >= 0.3 is 0 Å². The second-order valence-electron chi connectivity index (χ2n) is 4.51. The van der Waals surface area contributed by atoms with Gasteiger partial charge in [0, 0.05) is 24.8 Å². The molecule has 1 aromatic heterocycles. The molecule has 0 aliphatic heterocycles. The molecule has 0 saturated carbocycles. The molecule has 2 aromatic rings. The minimum atomic E-state index is -0.374. The largest absolute Gasteiger partial charge is 0.310 e. The lowest BCUT2D eigenvalue weighted by Crippen LogP contribution is -2.22. The molecule has 1 aromatic carbocycles. The van der Waals surface area contributed by atoms with E-state index in [-0.39, 0.29) is 16.9 Å². The Kier molecular flexibility index (Phi) is 4.56. The van der Waals surface area contributed by atoms with Gasteiger partial charge in [-0.25, -0.2) is 4.39 Å². The molecule has 1 N–H and O–H groups in total. The summed E-state index contributed by atoms with van der Waals surface area (Å²) in [6.45, 7) is 2.89. The van der Waals surface area contributed by atoms with Gasteiger partial charge in [0.25, 0.3) is 0 Å². The van der Waals surface area contributed by atoms with E-state index in [9.17, 15) is 4.39 Å². The monoisotopic (exact) mass is 281 g/mol. The molecule has 5 heteroatoms. The quantitative estimate of drug-likeness (QED) is 0.913. The molecule has 0 spiro atoms. The molecule has 19 heavy (non-hydrogen) atoms. The molecule has 1 atom stereocenters. The number of halogens is 2. The number of aromatic nitrogens is 2. The highest BCUT2D eigenvalue weighted by Crippen LogP contribution is 2.21. The van der Waals surface area contributed by atoms with E-state index >= 15 is 0 Å². The van der Waals surface area contributed by atoms with E-state index in [1.165, 1.54) is 6.07 Å². The highest BCUT2D eigenvalue weighted by atomic mass is 35.5. The van der Waals surface area contributed by atoms with Gasteiger partial charge in [0.05, 0.1) is 11.2 Å². The van der Waals surface area contributed by atoms with E-state index < -0.39 is 0 Å². The first-order valence-electron chi connectivity index (χ1n) is 6.26. The zero-order valence-electron chi connectivity index (χ0n) is 11.0. The fraction of sp³-hybridized carbons (Fsp3) is 0.357. The zero-order chi connectivity index (χ0) is 13.8. The number of aryl methyl sites for hydroxylation is 1. The van der Waals surface area contributed by atoms with Crippen LogP contribution in [0.5, 0.6) is 0 Å². The van der Waals surface area contributed by atoms with Crippen molar-refractivity contribution in [3.63, 3.8) is 0 Å². The summed E-state index contributed by atoms with van der Waals surface area (Å²) >= 11 is 5.69. The van der Waals surface area contributed by atoms with Crippen molar-refractivity contribution in [2.75, 3.05) is 6.54 Å². The number of hydrogen-bond acceptors (Lipinski definition) is 2. The summed E-state index contributed by atoms with van der Waals surface area (Å²) in [4.78, 5) is 0. The number of hydrogen-bond donors (Lipinski definition) is 1. The Hall–Kier alpha value is -1.39. The Bertz CT molecular complexity index is 553. The van der Waals surface area contributed by atoms with E-state index in [0.29, 0.717) is 6.42 Å². The third-order valence-corrected chi connectivity index (χ3v) is 3.31. The molecular weight excluding hydrogens is 265 g/mol. The van der Waals surface area contributed by atoms with Crippen LogP contribution in [0.15, 0.2) is 30.6 Å². The molecule has 0 aliphatic rings. The summed E-state index contributed by atoms with van der Waals surface area (Å²) in [5.74, 6) is -0.374. The Morgan fingerprint density at radius 1 is 1.47 bits per heavy atom. The second kappa shape index (κ2) is 6.17. The van der Waals surface area contributed by atoms with Crippen molar-refractivity contribution in [2.24, 2.45) is 7.05 Å². The molecule has 0 bridgehead atoms. The molecule has 0 saturated heterocycles. The van der Waals surface area contributed by atoms with Crippen molar-refractivity contribution in [1.82, 2.24) is 15.1 Å². The lowest BCUT2D eigenvalue weighted by atomic mass is 10.0. The fourth-order valence-corrected chi connectivity index (χ4v) is 2.19. The van der Waals surface area contributed by atoms with Gasteiger partial charge in [0.2, 0.25) is 0 Å². The third kappa shape index (κ3) is 3.55. The summed E-state index contributed by atoms with van der Waals surface area (Å²) in [5.41, 5.74) is 2.01. The zero-order valence-corrected chi connectivity index (χ0v) is 11.8. The van der Waals surface area contributed by atoms with E-state index in [2.05, 4.69) is 10.4 Å². The summed E-state index contributed by atoms with van der Waals surface area (Å²) in [7, 11) is 1.88. The first-order chi connectivity index (χ1) is 9.10.